The molecule has 1 N–H and O–H groups in total. The molecule has 1 aliphatic heterocycles. The molecular formula is C20H34N2. The van der Waals surface area contributed by atoms with E-state index in [1.807, 2.05) is 6.08 Å². The highest BCUT2D eigenvalue weighted by atomic mass is 15.0. The van der Waals surface area contributed by atoms with Gasteiger partial charge in [-0.1, -0.05) is 44.8 Å². The number of nitrogens with one attached hydrogen (secondary N) is 1. The van der Waals surface area contributed by atoms with Crippen LogP contribution in [0.5, 0.6) is 0 Å². The van der Waals surface area contributed by atoms with Gasteiger partial charge >= 0.3 is 0 Å². The Labute approximate surface area is 137 Å². The van der Waals surface area contributed by atoms with Crippen molar-refractivity contribution in [3.8, 4) is 0 Å². The summed E-state index contributed by atoms with van der Waals surface area (Å²) in [5, 5.41) is 3.47. The van der Waals surface area contributed by atoms with Crippen LogP contribution in [0.1, 0.15) is 78.1 Å². The van der Waals surface area contributed by atoms with Gasteiger partial charge in [0, 0.05) is 12.3 Å². The Kier molecular flexibility index (Phi) is 10.4. The number of nitrogens with zero attached hydrogens (tertiary/aromatic N) is 1. The number of unbranched alkanes of at least 4 members (excludes halogenated alkanes) is 6. The molecule has 1 heterocycles. The molecule has 0 aromatic heterocycles. The SMILES string of the molecule is C=CCCCCCCCCC1=NC(NCCC)=C(C)CC=C1. The van der Waals surface area contributed by atoms with Crippen LogP contribution in [0, 0.1) is 0 Å². The predicted octanol–water partition coefficient (Wildman–Crippen LogP) is 5.93. The molecule has 2 heteroatoms. The van der Waals surface area contributed by atoms with Gasteiger partial charge in [-0.2, -0.15) is 0 Å². The third kappa shape index (κ3) is 8.21. The van der Waals surface area contributed by atoms with Crippen molar-refractivity contribution in [1.29, 1.82) is 0 Å². The first kappa shape index (κ1) is 18.7. The molecule has 1 aliphatic rings. The lowest BCUT2D eigenvalue weighted by Crippen LogP contribution is -2.15. The van der Waals surface area contributed by atoms with E-state index in [-0.39, 0.29) is 0 Å². The summed E-state index contributed by atoms with van der Waals surface area (Å²) in [6.07, 6.45) is 18.9. The third-order valence-electron chi connectivity index (χ3n) is 4.03. The first-order valence-corrected chi connectivity index (χ1v) is 9.06. The van der Waals surface area contributed by atoms with E-state index in [9.17, 15) is 0 Å². The molecule has 0 aliphatic carbocycles. The molecule has 0 unspecified atom stereocenters. The van der Waals surface area contributed by atoms with Gasteiger partial charge in [0.1, 0.15) is 5.82 Å². The summed E-state index contributed by atoms with van der Waals surface area (Å²) in [7, 11) is 0. The van der Waals surface area contributed by atoms with Crippen LogP contribution in [-0.4, -0.2) is 12.3 Å². The van der Waals surface area contributed by atoms with E-state index in [2.05, 4.69) is 37.9 Å². The van der Waals surface area contributed by atoms with E-state index in [1.165, 1.54) is 56.2 Å². The Morgan fingerprint density at radius 2 is 1.91 bits per heavy atom. The van der Waals surface area contributed by atoms with Gasteiger partial charge in [0.25, 0.3) is 0 Å². The molecule has 0 fully saturated rings. The van der Waals surface area contributed by atoms with E-state index >= 15 is 0 Å². The van der Waals surface area contributed by atoms with Crippen LogP contribution in [0.2, 0.25) is 0 Å². The average Bonchev–Trinajstić information content (AvgIpc) is 2.69. The van der Waals surface area contributed by atoms with Crippen LogP contribution < -0.4 is 5.32 Å². The quantitative estimate of drug-likeness (QED) is 0.351. The van der Waals surface area contributed by atoms with Gasteiger partial charge < -0.3 is 5.32 Å². The van der Waals surface area contributed by atoms with Crippen LogP contribution in [0.15, 0.2) is 41.2 Å². The molecule has 2 nitrogen and oxygen atoms in total. The molecule has 22 heavy (non-hydrogen) atoms. The van der Waals surface area contributed by atoms with Crippen LogP contribution in [0.3, 0.4) is 0 Å². The van der Waals surface area contributed by atoms with Crippen molar-refractivity contribution in [3.63, 3.8) is 0 Å². The monoisotopic (exact) mass is 302 g/mol. The summed E-state index contributed by atoms with van der Waals surface area (Å²) in [6.45, 7) is 9.15. The lowest BCUT2D eigenvalue weighted by molar-refractivity contribution is 0.604. The zero-order chi connectivity index (χ0) is 16.0. The Balaban J connectivity index is 2.27. The first-order chi connectivity index (χ1) is 10.8. The Morgan fingerprint density at radius 1 is 1.18 bits per heavy atom. The van der Waals surface area contributed by atoms with Crippen molar-refractivity contribution in [2.24, 2.45) is 4.99 Å². The second-order valence-electron chi connectivity index (χ2n) is 6.21. The van der Waals surface area contributed by atoms with Gasteiger partial charge in [-0.05, 0) is 57.1 Å². The highest BCUT2D eigenvalue weighted by Gasteiger charge is 2.06. The fourth-order valence-corrected chi connectivity index (χ4v) is 2.62. The fraction of sp³-hybridized carbons (Fsp3) is 0.650. The molecule has 0 saturated heterocycles. The standard InChI is InChI=1S/C20H34N2/c1-4-6-7-8-9-10-11-12-15-19-16-13-14-18(3)20(22-19)21-17-5-2/h4,13,16,21H,1,5-12,14-15,17H2,2-3H3. The van der Waals surface area contributed by atoms with Gasteiger partial charge in [-0.15, -0.1) is 6.58 Å². The van der Waals surface area contributed by atoms with E-state index in [4.69, 9.17) is 4.99 Å². The Hall–Kier alpha value is -1.31. The van der Waals surface area contributed by atoms with Gasteiger partial charge in [0.2, 0.25) is 0 Å². The maximum atomic E-state index is 4.84. The van der Waals surface area contributed by atoms with Gasteiger partial charge in [0.15, 0.2) is 0 Å². The average molecular weight is 303 g/mol. The second-order valence-corrected chi connectivity index (χ2v) is 6.21. The molecule has 1 rings (SSSR count). The lowest BCUT2D eigenvalue weighted by Gasteiger charge is -2.09. The molecule has 0 bridgehead atoms. The fourth-order valence-electron chi connectivity index (χ4n) is 2.62. The van der Waals surface area contributed by atoms with Crippen LogP contribution >= 0.6 is 0 Å². The normalized spacial score (nSPS) is 14.7. The topological polar surface area (TPSA) is 24.4 Å². The van der Waals surface area contributed by atoms with Crippen molar-refractivity contribution in [3.05, 3.63) is 36.2 Å². The van der Waals surface area contributed by atoms with E-state index < -0.39 is 0 Å². The minimum absolute atomic E-state index is 1.01. The van der Waals surface area contributed by atoms with Crippen LogP contribution in [-0.2, 0) is 0 Å². The number of hydrogen-bond acceptors (Lipinski definition) is 2. The Bertz CT molecular complexity index is 402. The predicted molar refractivity (Wildman–Crippen MR) is 99.3 cm³/mol. The van der Waals surface area contributed by atoms with Gasteiger partial charge in [0.05, 0.1) is 0 Å². The third-order valence-corrected chi connectivity index (χ3v) is 4.03. The molecule has 0 spiro atoms. The summed E-state index contributed by atoms with van der Waals surface area (Å²) in [5.74, 6) is 1.10. The molecule has 0 amide bonds. The summed E-state index contributed by atoms with van der Waals surface area (Å²) in [5.41, 5.74) is 2.59. The first-order valence-electron chi connectivity index (χ1n) is 9.06. The van der Waals surface area contributed by atoms with Crippen LogP contribution in [0.25, 0.3) is 0 Å². The van der Waals surface area contributed by atoms with Crippen molar-refractivity contribution >= 4 is 5.71 Å². The number of allylic oxidation sites excluding steroid dienone is 4. The number of hydrogen-bond donors (Lipinski definition) is 1. The lowest BCUT2D eigenvalue weighted by atomic mass is 10.1. The molecular weight excluding hydrogens is 268 g/mol. The number of aliphatic imine (C=N–C) groups is 1. The molecule has 0 aromatic rings. The molecule has 0 atom stereocenters. The molecule has 0 aromatic carbocycles. The smallest absolute Gasteiger partial charge is 0.125 e. The number of rotatable bonds is 12. The largest absolute Gasteiger partial charge is 0.370 e. The van der Waals surface area contributed by atoms with Crippen molar-refractivity contribution in [2.75, 3.05) is 6.54 Å². The minimum atomic E-state index is 1.01. The maximum Gasteiger partial charge on any atom is 0.125 e. The maximum absolute atomic E-state index is 4.84. The zero-order valence-electron chi connectivity index (χ0n) is 14.7. The van der Waals surface area contributed by atoms with E-state index in [0.717, 1.165) is 31.6 Å². The Morgan fingerprint density at radius 3 is 2.64 bits per heavy atom. The summed E-state index contributed by atoms with van der Waals surface area (Å²) in [4.78, 5) is 4.84. The minimum Gasteiger partial charge on any atom is -0.370 e. The second kappa shape index (κ2) is 12.3. The summed E-state index contributed by atoms with van der Waals surface area (Å²) in [6, 6.07) is 0. The summed E-state index contributed by atoms with van der Waals surface area (Å²) >= 11 is 0. The van der Waals surface area contributed by atoms with E-state index in [1.54, 1.807) is 0 Å². The molecule has 124 valence electrons. The highest BCUT2D eigenvalue weighted by Crippen LogP contribution is 2.15. The molecule has 0 saturated carbocycles. The van der Waals surface area contributed by atoms with Gasteiger partial charge in [-0.25, -0.2) is 4.99 Å². The van der Waals surface area contributed by atoms with Crippen molar-refractivity contribution < 1.29 is 0 Å². The van der Waals surface area contributed by atoms with Crippen LogP contribution in [0.4, 0.5) is 0 Å². The van der Waals surface area contributed by atoms with E-state index in [0.29, 0.717) is 0 Å². The zero-order valence-corrected chi connectivity index (χ0v) is 14.7. The highest BCUT2D eigenvalue weighted by molar-refractivity contribution is 5.95. The summed E-state index contributed by atoms with van der Waals surface area (Å²) < 4.78 is 0. The van der Waals surface area contributed by atoms with Crippen molar-refractivity contribution in [2.45, 2.75) is 78.1 Å². The molecule has 0 radical (unpaired) electrons. The van der Waals surface area contributed by atoms with Crippen molar-refractivity contribution in [1.82, 2.24) is 5.32 Å². The van der Waals surface area contributed by atoms with Gasteiger partial charge in [-0.3, -0.25) is 0 Å².